The van der Waals surface area contributed by atoms with E-state index in [1.54, 1.807) is 24.3 Å². The quantitative estimate of drug-likeness (QED) is 0.178. The number of H-pyrrole nitrogens is 1. The van der Waals surface area contributed by atoms with E-state index in [2.05, 4.69) is 9.97 Å². The maximum Gasteiger partial charge on any atom is 0.348 e. The van der Waals surface area contributed by atoms with Crippen LogP contribution in [0.2, 0.25) is 5.02 Å². The molecular weight excluding hydrogens is 479 g/mol. The first-order valence-electron chi connectivity index (χ1n) is 10.7. The smallest absolute Gasteiger partial charge is 0.348 e. The molecule has 3 heterocycles. The first-order chi connectivity index (χ1) is 16.3. The fourth-order valence-electron chi connectivity index (χ4n) is 4.08. The van der Waals surface area contributed by atoms with Crippen molar-refractivity contribution >= 4 is 34.6 Å². The number of carbonyl (C=O) groups is 1. The van der Waals surface area contributed by atoms with Crippen molar-refractivity contribution in [2.24, 2.45) is 5.92 Å². The molecule has 4 aromatic rings. The van der Waals surface area contributed by atoms with E-state index in [1.165, 1.54) is 17.8 Å². The van der Waals surface area contributed by atoms with Gasteiger partial charge < -0.3 is 21.0 Å². The number of aromatic amines is 1. The lowest BCUT2D eigenvalue weighted by Gasteiger charge is -2.15. The number of aromatic carboxylic acids is 1. The summed E-state index contributed by atoms with van der Waals surface area (Å²) in [5, 5.41) is 24.2. The molecule has 0 saturated heterocycles. The van der Waals surface area contributed by atoms with Crippen LogP contribution in [0.3, 0.4) is 0 Å². The van der Waals surface area contributed by atoms with Crippen LogP contribution in [0.15, 0.2) is 48.1 Å². The van der Waals surface area contributed by atoms with E-state index in [4.69, 9.17) is 22.4 Å². The van der Waals surface area contributed by atoms with Crippen LogP contribution in [0.1, 0.15) is 46.4 Å². The maximum absolute atomic E-state index is 14.6. The Balaban J connectivity index is 1.51. The summed E-state index contributed by atoms with van der Waals surface area (Å²) >= 11 is 6.93. The van der Waals surface area contributed by atoms with Gasteiger partial charge in [0.1, 0.15) is 16.6 Å². The van der Waals surface area contributed by atoms with Crippen LogP contribution < -0.4 is 10.5 Å². The average Bonchev–Trinajstić information content (AvgIpc) is 3.34. The SMILES string of the molecule is Nc1ccc(Cl)cc1-c1ccc(C(CC2CC2)c2ncc(-c3csc(C(=O)O)c3F)[nH]2)[n+]([O-])c1. The summed E-state index contributed by atoms with van der Waals surface area (Å²) in [7, 11) is 0. The number of benzene rings is 1. The topological polar surface area (TPSA) is 119 Å². The monoisotopic (exact) mass is 498 g/mol. The van der Waals surface area contributed by atoms with Crippen molar-refractivity contribution < 1.29 is 19.0 Å². The van der Waals surface area contributed by atoms with Crippen molar-refractivity contribution in [3.63, 3.8) is 0 Å². The molecule has 0 radical (unpaired) electrons. The second kappa shape index (κ2) is 8.73. The number of imidazole rings is 1. The first-order valence-corrected chi connectivity index (χ1v) is 11.9. The highest BCUT2D eigenvalue weighted by Crippen LogP contribution is 2.41. The van der Waals surface area contributed by atoms with E-state index < -0.39 is 11.8 Å². The molecule has 1 atom stereocenters. The lowest BCUT2D eigenvalue weighted by molar-refractivity contribution is -0.614. The van der Waals surface area contributed by atoms with Gasteiger partial charge in [-0.05, 0) is 36.6 Å². The Labute approximate surface area is 203 Å². The lowest BCUT2D eigenvalue weighted by atomic mass is 9.95. The molecule has 0 spiro atoms. The van der Waals surface area contributed by atoms with Crippen LogP contribution in [0.25, 0.3) is 22.4 Å². The van der Waals surface area contributed by atoms with Crippen molar-refractivity contribution in [2.45, 2.75) is 25.2 Å². The highest BCUT2D eigenvalue weighted by Gasteiger charge is 2.33. The summed E-state index contributed by atoms with van der Waals surface area (Å²) in [5.41, 5.74) is 8.93. The number of rotatable bonds is 7. The van der Waals surface area contributed by atoms with Crippen molar-refractivity contribution in [1.29, 1.82) is 0 Å². The minimum atomic E-state index is -1.31. The summed E-state index contributed by atoms with van der Waals surface area (Å²) in [6.45, 7) is 0. The standard InChI is InChI=1S/C24H20ClFN4O3S/c25-14-4-5-18(27)15(8-14)13-3-6-20(30(33)10-13)16(7-12-1-2-12)23-28-9-19(29-23)17-11-34-22(21(17)26)24(31)32/h3-6,8-12,16H,1-2,7,27H2,(H,28,29)(H,31,32). The van der Waals surface area contributed by atoms with Gasteiger partial charge >= 0.3 is 5.97 Å². The predicted octanol–water partition coefficient (Wildman–Crippen LogP) is 5.44. The zero-order chi connectivity index (χ0) is 24.0. The molecule has 1 fully saturated rings. The minimum absolute atomic E-state index is 0.146. The van der Waals surface area contributed by atoms with Gasteiger partial charge in [0, 0.05) is 38.8 Å². The van der Waals surface area contributed by atoms with Crippen molar-refractivity contribution in [3.05, 3.63) is 80.5 Å². The van der Waals surface area contributed by atoms with Crippen molar-refractivity contribution in [2.75, 3.05) is 5.73 Å². The maximum atomic E-state index is 14.6. The van der Waals surface area contributed by atoms with Gasteiger partial charge in [-0.1, -0.05) is 24.4 Å². The third-order valence-corrected chi connectivity index (χ3v) is 7.21. The lowest BCUT2D eigenvalue weighted by Crippen LogP contribution is -2.34. The molecule has 34 heavy (non-hydrogen) atoms. The van der Waals surface area contributed by atoms with Crippen LogP contribution in [0.4, 0.5) is 10.1 Å². The third kappa shape index (κ3) is 4.24. The molecular formula is C24H20ClFN4O3S. The molecule has 174 valence electrons. The van der Waals surface area contributed by atoms with Gasteiger partial charge in [0.25, 0.3) is 0 Å². The van der Waals surface area contributed by atoms with E-state index in [0.29, 0.717) is 45.0 Å². The third-order valence-electron chi connectivity index (χ3n) is 6.03. The Hall–Kier alpha value is -3.43. The van der Waals surface area contributed by atoms with Crippen LogP contribution in [0, 0.1) is 16.9 Å². The van der Waals surface area contributed by atoms with Gasteiger partial charge in [-0.15, -0.1) is 11.3 Å². The Morgan fingerprint density at radius 2 is 2.15 bits per heavy atom. The zero-order valence-electron chi connectivity index (χ0n) is 17.8. The van der Waals surface area contributed by atoms with Gasteiger partial charge in [-0.3, -0.25) is 0 Å². The second-order valence-electron chi connectivity index (χ2n) is 8.41. The number of hydrogen-bond acceptors (Lipinski definition) is 5. The van der Waals surface area contributed by atoms with E-state index in [1.807, 2.05) is 6.07 Å². The van der Waals surface area contributed by atoms with Crippen LogP contribution in [-0.2, 0) is 0 Å². The van der Waals surface area contributed by atoms with Gasteiger partial charge in [0.2, 0.25) is 5.69 Å². The number of pyridine rings is 1. The van der Waals surface area contributed by atoms with Gasteiger partial charge in [-0.25, -0.2) is 14.2 Å². The number of hydrogen-bond donors (Lipinski definition) is 3. The predicted molar refractivity (Wildman–Crippen MR) is 128 cm³/mol. The molecule has 1 unspecified atom stereocenters. The number of nitrogen functional groups attached to an aromatic ring is 1. The normalized spacial score (nSPS) is 14.3. The largest absolute Gasteiger partial charge is 0.618 e. The molecule has 1 aliphatic carbocycles. The number of aromatic nitrogens is 3. The van der Waals surface area contributed by atoms with Crippen molar-refractivity contribution in [3.8, 4) is 22.4 Å². The Morgan fingerprint density at radius 3 is 2.82 bits per heavy atom. The van der Waals surface area contributed by atoms with Crippen molar-refractivity contribution in [1.82, 2.24) is 9.97 Å². The van der Waals surface area contributed by atoms with Gasteiger partial charge in [0.15, 0.2) is 12.0 Å². The summed E-state index contributed by atoms with van der Waals surface area (Å²) in [5.74, 6) is -1.42. The van der Waals surface area contributed by atoms with E-state index >= 15 is 0 Å². The number of nitrogens with one attached hydrogen (secondary N) is 1. The van der Waals surface area contributed by atoms with Crippen LogP contribution >= 0.6 is 22.9 Å². The fourth-order valence-corrected chi connectivity index (χ4v) is 5.03. The average molecular weight is 499 g/mol. The number of carboxylic acid groups (broad SMARTS) is 1. The number of halogens is 2. The summed E-state index contributed by atoms with van der Waals surface area (Å²) in [6.07, 6.45) is 5.84. The van der Waals surface area contributed by atoms with Gasteiger partial charge in [-0.2, -0.15) is 4.73 Å². The van der Waals surface area contributed by atoms with Crippen LogP contribution in [-0.4, -0.2) is 21.0 Å². The number of nitrogens with two attached hydrogens (primary N) is 1. The molecule has 1 saturated carbocycles. The molecule has 10 heteroatoms. The highest BCUT2D eigenvalue weighted by atomic mass is 35.5. The summed E-state index contributed by atoms with van der Waals surface area (Å²) < 4.78 is 15.4. The van der Waals surface area contributed by atoms with E-state index in [0.717, 1.165) is 35.3 Å². The van der Waals surface area contributed by atoms with Gasteiger partial charge in [0.05, 0.1) is 11.9 Å². The fraction of sp³-hybridized carbons (Fsp3) is 0.208. The van der Waals surface area contributed by atoms with Crippen LogP contribution in [0.5, 0.6) is 0 Å². The minimum Gasteiger partial charge on any atom is -0.618 e. The Bertz CT molecular complexity index is 1400. The number of thiophene rings is 1. The first kappa shape index (κ1) is 22.4. The molecule has 1 aliphatic rings. The molecule has 4 N–H and O–H groups in total. The summed E-state index contributed by atoms with van der Waals surface area (Å²) in [6, 6.07) is 8.68. The number of nitrogens with zero attached hydrogens (tertiary/aromatic N) is 2. The molecule has 0 bridgehead atoms. The second-order valence-corrected chi connectivity index (χ2v) is 9.73. The summed E-state index contributed by atoms with van der Waals surface area (Å²) in [4.78, 5) is 18.4. The molecule has 3 aromatic heterocycles. The highest BCUT2D eigenvalue weighted by molar-refractivity contribution is 7.12. The zero-order valence-corrected chi connectivity index (χ0v) is 19.4. The van der Waals surface area contributed by atoms with E-state index in [-0.39, 0.29) is 16.4 Å². The Kier molecular flexibility index (Phi) is 5.75. The molecule has 0 aliphatic heterocycles. The Morgan fingerprint density at radius 1 is 1.35 bits per heavy atom. The van der Waals surface area contributed by atoms with E-state index in [9.17, 15) is 14.4 Å². The molecule has 1 aromatic carbocycles. The number of anilines is 1. The molecule has 0 amide bonds. The molecule has 7 nitrogen and oxygen atoms in total. The molecule has 5 rings (SSSR count). The number of carboxylic acids is 1.